The summed E-state index contributed by atoms with van der Waals surface area (Å²) < 4.78 is 0. The summed E-state index contributed by atoms with van der Waals surface area (Å²) in [7, 11) is 1.75. The SMILES string of the molecule is CN(CCCCCO)C(=O)[C@H](N)Cc1ccc(O)cc1. The number of rotatable bonds is 8. The van der Waals surface area contributed by atoms with Crippen molar-refractivity contribution in [2.75, 3.05) is 20.2 Å². The zero-order chi connectivity index (χ0) is 15.0. The average Bonchev–Trinajstić information content (AvgIpc) is 2.45. The van der Waals surface area contributed by atoms with Crippen LogP contribution in [0.1, 0.15) is 24.8 Å². The molecule has 0 heterocycles. The van der Waals surface area contributed by atoms with Crippen LogP contribution in [0.2, 0.25) is 0 Å². The van der Waals surface area contributed by atoms with Gasteiger partial charge >= 0.3 is 0 Å². The summed E-state index contributed by atoms with van der Waals surface area (Å²) in [5.41, 5.74) is 6.85. The molecule has 0 spiro atoms. The number of amides is 1. The van der Waals surface area contributed by atoms with E-state index in [4.69, 9.17) is 10.8 Å². The fourth-order valence-electron chi connectivity index (χ4n) is 2.00. The molecule has 5 heteroatoms. The van der Waals surface area contributed by atoms with Gasteiger partial charge in [-0.25, -0.2) is 0 Å². The lowest BCUT2D eigenvalue weighted by Gasteiger charge is -2.21. The first-order chi connectivity index (χ1) is 9.54. The van der Waals surface area contributed by atoms with Gasteiger partial charge in [0.15, 0.2) is 0 Å². The molecule has 0 radical (unpaired) electrons. The number of phenolic OH excluding ortho intramolecular Hbond substituents is 1. The summed E-state index contributed by atoms with van der Waals surface area (Å²) in [6.07, 6.45) is 3.00. The van der Waals surface area contributed by atoms with Gasteiger partial charge in [-0.3, -0.25) is 4.79 Å². The normalized spacial score (nSPS) is 12.2. The van der Waals surface area contributed by atoms with E-state index in [-0.39, 0.29) is 18.3 Å². The maximum absolute atomic E-state index is 12.1. The van der Waals surface area contributed by atoms with Crippen LogP contribution in [0.25, 0.3) is 0 Å². The summed E-state index contributed by atoms with van der Waals surface area (Å²) in [6, 6.07) is 6.14. The molecule has 1 rings (SSSR count). The number of likely N-dealkylation sites (N-methyl/N-ethyl adjacent to an activating group) is 1. The third-order valence-corrected chi connectivity index (χ3v) is 3.24. The van der Waals surface area contributed by atoms with Crippen LogP contribution in [0.4, 0.5) is 0 Å². The molecule has 0 aromatic heterocycles. The van der Waals surface area contributed by atoms with E-state index in [1.807, 2.05) is 0 Å². The van der Waals surface area contributed by atoms with Crippen LogP contribution in [-0.2, 0) is 11.2 Å². The fraction of sp³-hybridized carbons (Fsp3) is 0.533. The Bertz CT molecular complexity index is 406. The number of aromatic hydroxyl groups is 1. The molecule has 0 aliphatic rings. The summed E-state index contributed by atoms with van der Waals surface area (Å²) in [5, 5.41) is 17.9. The van der Waals surface area contributed by atoms with E-state index in [0.717, 1.165) is 24.8 Å². The molecule has 0 fully saturated rings. The van der Waals surface area contributed by atoms with E-state index in [9.17, 15) is 9.90 Å². The second-order valence-electron chi connectivity index (χ2n) is 5.02. The minimum Gasteiger partial charge on any atom is -0.508 e. The molecule has 0 saturated heterocycles. The van der Waals surface area contributed by atoms with Crippen molar-refractivity contribution in [2.24, 2.45) is 5.73 Å². The van der Waals surface area contributed by atoms with Crippen LogP contribution in [0.3, 0.4) is 0 Å². The summed E-state index contributed by atoms with van der Waals surface area (Å²) >= 11 is 0. The second kappa shape index (κ2) is 8.55. The standard InChI is InChI=1S/C15H24N2O3/c1-17(9-3-2-4-10-18)15(20)14(16)11-12-5-7-13(19)8-6-12/h5-8,14,18-19H,2-4,9-11,16H2,1H3/t14-/m1/s1. The number of carbonyl (C=O) groups excluding carboxylic acids is 1. The Labute approximate surface area is 120 Å². The highest BCUT2D eigenvalue weighted by Crippen LogP contribution is 2.11. The third-order valence-electron chi connectivity index (χ3n) is 3.24. The van der Waals surface area contributed by atoms with E-state index in [1.54, 1.807) is 36.2 Å². The number of unbranched alkanes of at least 4 members (excludes halogenated alkanes) is 2. The predicted molar refractivity (Wildman–Crippen MR) is 78.4 cm³/mol. The molecule has 1 atom stereocenters. The average molecular weight is 280 g/mol. The van der Waals surface area contributed by atoms with Crippen LogP contribution in [-0.4, -0.2) is 47.3 Å². The highest BCUT2D eigenvalue weighted by atomic mass is 16.3. The highest BCUT2D eigenvalue weighted by molar-refractivity contribution is 5.81. The molecule has 20 heavy (non-hydrogen) atoms. The molecule has 0 saturated carbocycles. The molecule has 1 amide bonds. The molecule has 112 valence electrons. The minimum atomic E-state index is -0.567. The summed E-state index contributed by atoms with van der Waals surface area (Å²) in [6.45, 7) is 0.847. The Balaban J connectivity index is 2.39. The molecule has 0 aliphatic carbocycles. The first-order valence-corrected chi connectivity index (χ1v) is 6.94. The topological polar surface area (TPSA) is 86.8 Å². The van der Waals surface area contributed by atoms with Gasteiger partial charge in [-0.15, -0.1) is 0 Å². The number of nitrogens with zero attached hydrogens (tertiary/aromatic N) is 1. The fourth-order valence-corrected chi connectivity index (χ4v) is 2.00. The minimum absolute atomic E-state index is 0.0814. The molecule has 1 aromatic carbocycles. The zero-order valence-electron chi connectivity index (χ0n) is 12.0. The van der Waals surface area contributed by atoms with Crippen molar-refractivity contribution in [3.05, 3.63) is 29.8 Å². The Kier molecular flexibility index (Phi) is 7.04. The Morgan fingerprint density at radius 3 is 2.50 bits per heavy atom. The number of phenols is 1. The van der Waals surface area contributed by atoms with Crippen molar-refractivity contribution >= 4 is 5.91 Å². The van der Waals surface area contributed by atoms with Gasteiger partial charge in [0.25, 0.3) is 0 Å². The van der Waals surface area contributed by atoms with Gasteiger partial charge < -0.3 is 20.8 Å². The van der Waals surface area contributed by atoms with Crippen LogP contribution in [0.15, 0.2) is 24.3 Å². The highest BCUT2D eigenvalue weighted by Gasteiger charge is 2.18. The first-order valence-electron chi connectivity index (χ1n) is 6.94. The van der Waals surface area contributed by atoms with Crippen molar-refractivity contribution in [3.8, 4) is 5.75 Å². The number of hydrogen-bond acceptors (Lipinski definition) is 4. The lowest BCUT2D eigenvalue weighted by molar-refractivity contribution is -0.131. The number of aliphatic hydroxyl groups is 1. The summed E-state index contributed by atoms with van der Waals surface area (Å²) in [4.78, 5) is 13.7. The van der Waals surface area contributed by atoms with E-state index < -0.39 is 6.04 Å². The number of nitrogens with two attached hydrogens (primary N) is 1. The number of benzene rings is 1. The number of aliphatic hydroxyl groups excluding tert-OH is 1. The van der Waals surface area contributed by atoms with Crippen molar-refractivity contribution < 1.29 is 15.0 Å². The molecule has 0 bridgehead atoms. The van der Waals surface area contributed by atoms with Gasteiger partial charge in [0.2, 0.25) is 5.91 Å². The molecular formula is C15H24N2O3. The van der Waals surface area contributed by atoms with Crippen LogP contribution < -0.4 is 5.73 Å². The molecule has 5 nitrogen and oxygen atoms in total. The Morgan fingerprint density at radius 2 is 1.90 bits per heavy atom. The van der Waals surface area contributed by atoms with E-state index in [0.29, 0.717) is 13.0 Å². The van der Waals surface area contributed by atoms with Gasteiger partial charge in [-0.2, -0.15) is 0 Å². The molecular weight excluding hydrogens is 256 g/mol. The first kappa shape index (κ1) is 16.5. The summed E-state index contributed by atoms with van der Waals surface area (Å²) in [5.74, 6) is 0.122. The largest absolute Gasteiger partial charge is 0.508 e. The molecule has 0 unspecified atom stereocenters. The van der Waals surface area contributed by atoms with Crippen LogP contribution in [0.5, 0.6) is 5.75 Å². The predicted octanol–water partition coefficient (Wildman–Crippen LogP) is 0.883. The van der Waals surface area contributed by atoms with Gasteiger partial charge in [-0.05, 0) is 43.4 Å². The van der Waals surface area contributed by atoms with Gasteiger partial charge in [0.1, 0.15) is 5.75 Å². The molecule has 1 aromatic rings. The van der Waals surface area contributed by atoms with Gasteiger partial charge in [0, 0.05) is 20.2 Å². The maximum atomic E-state index is 12.1. The monoisotopic (exact) mass is 280 g/mol. The molecule has 4 N–H and O–H groups in total. The smallest absolute Gasteiger partial charge is 0.239 e. The van der Waals surface area contributed by atoms with Crippen molar-refractivity contribution in [3.63, 3.8) is 0 Å². The maximum Gasteiger partial charge on any atom is 0.239 e. The quantitative estimate of drug-likeness (QED) is 0.617. The van der Waals surface area contributed by atoms with Crippen LogP contribution >= 0.6 is 0 Å². The zero-order valence-corrected chi connectivity index (χ0v) is 12.0. The van der Waals surface area contributed by atoms with Crippen molar-refractivity contribution in [2.45, 2.75) is 31.7 Å². The Hall–Kier alpha value is -1.59. The van der Waals surface area contributed by atoms with Crippen molar-refractivity contribution in [1.82, 2.24) is 4.90 Å². The van der Waals surface area contributed by atoms with E-state index in [2.05, 4.69) is 0 Å². The lowest BCUT2D eigenvalue weighted by atomic mass is 10.1. The molecule has 0 aliphatic heterocycles. The number of hydrogen-bond donors (Lipinski definition) is 3. The van der Waals surface area contributed by atoms with E-state index >= 15 is 0 Å². The van der Waals surface area contributed by atoms with E-state index in [1.165, 1.54) is 0 Å². The van der Waals surface area contributed by atoms with Gasteiger partial charge in [0.05, 0.1) is 6.04 Å². The van der Waals surface area contributed by atoms with Crippen LogP contribution in [0, 0.1) is 0 Å². The lowest BCUT2D eigenvalue weighted by Crippen LogP contribution is -2.43. The van der Waals surface area contributed by atoms with Gasteiger partial charge in [-0.1, -0.05) is 12.1 Å². The number of carbonyl (C=O) groups is 1. The van der Waals surface area contributed by atoms with Crippen molar-refractivity contribution in [1.29, 1.82) is 0 Å². The second-order valence-corrected chi connectivity index (χ2v) is 5.02. The Morgan fingerprint density at radius 1 is 1.25 bits per heavy atom. The third kappa shape index (κ3) is 5.59.